The molecule has 2 aromatic carbocycles. The van der Waals surface area contributed by atoms with E-state index in [1.165, 1.54) is 5.56 Å². The minimum Gasteiger partial charge on any atom is -0.354 e. The summed E-state index contributed by atoms with van der Waals surface area (Å²) in [4.78, 5) is 25.4. The van der Waals surface area contributed by atoms with Crippen molar-refractivity contribution in [2.24, 2.45) is 0 Å². The Morgan fingerprint density at radius 1 is 0.852 bits per heavy atom. The van der Waals surface area contributed by atoms with Crippen molar-refractivity contribution < 1.29 is 9.59 Å². The van der Waals surface area contributed by atoms with Crippen molar-refractivity contribution in [2.75, 3.05) is 11.9 Å². The van der Waals surface area contributed by atoms with Gasteiger partial charge in [-0.1, -0.05) is 67.8 Å². The number of amides is 3. The van der Waals surface area contributed by atoms with Gasteiger partial charge in [0.05, 0.1) is 0 Å². The molecule has 0 aliphatic heterocycles. The summed E-state index contributed by atoms with van der Waals surface area (Å²) < 4.78 is 0. The zero-order valence-corrected chi connectivity index (χ0v) is 15.5. The average molecular weight is 365 g/mol. The molecule has 3 amide bonds. The molecule has 1 aliphatic rings. The smallest absolute Gasteiger partial charge is 0.320 e. The number of urea groups is 1. The topological polar surface area (TPSA) is 70.2 Å². The highest BCUT2D eigenvalue weighted by atomic mass is 16.2. The third kappa shape index (κ3) is 5.33. The van der Waals surface area contributed by atoms with Gasteiger partial charge in [0.15, 0.2) is 0 Å². The molecule has 1 fully saturated rings. The van der Waals surface area contributed by atoms with E-state index in [0.29, 0.717) is 25.1 Å². The first-order valence-electron chi connectivity index (χ1n) is 9.64. The number of benzene rings is 2. The predicted molar refractivity (Wildman–Crippen MR) is 108 cm³/mol. The Labute approximate surface area is 160 Å². The normalized spacial score (nSPS) is 15.6. The Balaban J connectivity index is 1.59. The van der Waals surface area contributed by atoms with Crippen molar-refractivity contribution in [3.63, 3.8) is 0 Å². The van der Waals surface area contributed by atoms with Crippen LogP contribution in [0.15, 0.2) is 60.7 Å². The van der Waals surface area contributed by atoms with E-state index in [9.17, 15) is 9.59 Å². The van der Waals surface area contributed by atoms with Crippen molar-refractivity contribution in [1.29, 1.82) is 0 Å². The van der Waals surface area contributed by atoms with Gasteiger partial charge in [0.1, 0.15) is 5.54 Å². The molecule has 0 radical (unpaired) electrons. The summed E-state index contributed by atoms with van der Waals surface area (Å²) in [6.07, 6.45) is 5.11. The molecular weight excluding hydrogens is 338 g/mol. The quantitative estimate of drug-likeness (QED) is 0.727. The summed E-state index contributed by atoms with van der Waals surface area (Å²) in [5.41, 5.74) is 1.07. The summed E-state index contributed by atoms with van der Waals surface area (Å²) in [5.74, 6) is -0.0821. The lowest BCUT2D eigenvalue weighted by atomic mass is 9.81. The first kappa shape index (κ1) is 19.0. The van der Waals surface area contributed by atoms with Crippen LogP contribution >= 0.6 is 0 Å². The van der Waals surface area contributed by atoms with Crippen LogP contribution in [-0.2, 0) is 11.2 Å². The van der Waals surface area contributed by atoms with E-state index in [0.717, 1.165) is 25.7 Å². The first-order chi connectivity index (χ1) is 13.2. The Morgan fingerprint density at radius 3 is 2.15 bits per heavy atom. The molecule has 1 aliphatic carbocycles. The maximum absolute atomic E-state index is 12.9. The average Bonchev–Trinajstić information content (AvgIpc) is 2.70. The van der Waals surface area contributed by atoms with Crippen LogP contribution in [-0.4, -0.2) is 24.0 Å². The summed E-state index contributed by atoms with van der Waals surface area (Å²) in [6.45, 7) is 0.562. The molecule has 2 aromatic rings. The lowest BCUT2D eigenvalue weighted by Crippen LogP contribution is -2.60. The standard InChI is InChI=1S/C22H27N3O2/c26-20(23-17-14-18-10-4-1-5-11-18)22(15-8-3-9-16-22)25-21(27)24-19-12-6-2-7-13-19/h1-2,4-7,10-13H,3,8-9,14-17H2,(H,23,26)(H2,24,25,27). The number of hydrogen-bond donors (Lipinski definition) is 3. The van der Waals surface area contributed by atoms with Gasteiger partial charge in [-0.15, -0.1) is 0 Å². The van der Waals surface area contributed by atoms with Gasteiger partial charge in [-0.25, -0.2) is 4.79 Å². The highest BCUT2D eigenvalue weighted by Gasteiger charge is 2.40. The lowest BCUT2D eigenvalue weighted by molar-refractivity contribution is -0.128. The molecule has 0 heterocycles. The molecule has 27 heavy (non-hydrogen) atoms. The van der Waals surface area contributed by atoms with Crippen LogP contribution < -0.4 is 16.0 Å². The third-order valence-electron chi connectivity index (χ3n) is 5.07. The summed E-state index contributed by atoms with van der Waals surface area (Å²) in [5, 5.41) is 8.82. The third-order valence-corrected chi connectivity index (χ3v) is 5.07. The zero-order valence-electron chi connectivity index (χ0n) is 15.5. The molecule has 3 N–H and O–H groups in total. The van der Waals surface area contributed by atoms with Crippen LogP contribution in [0.1, 0.15) is 37.7 Å². The SMILES string of the molecule is O=C(Nc1ccccc1)NC1(C(=O)NCCc2ccccc2)CCCCC1. The summed E-state index contributed by atoms with van der Waals surface area (Å²) in [7, 11) is 0. The predicted octanol–water partition coefficient (Wildman–Crippen LogP) is 3.87. The molecule has 5 heteroatoms. The number of nitrogens with one attached hydrogen (secondary N) is 3. The Bertz CT molecular complexity index is 741. The van der Waals surface area contributed by atoms with Crippen molar-refractivity contribution >= 4 is 17.6 Å². The Kier molecular flexibility index (Phi) is 6.47. The van der Waals surface area contributed by atoms with Crippen LogP contribution in [0.5, 0.6) is 0 Å². The van der Waals surface area contributed by atoms with Gasteiger partial charge in [0, 0.05) is 12.2 Å². The van der Waals surface area contributed by atoms with Crippen LogP contribution in [0.4, 0.5) is 10.5 Å². The number of rotatable bonds is 6. The molecule has 0 spiro atoms. The van der Waals surface area contributed by atoms with Gasteiger partial charge >= 0.3 is 6.03 Å². The van der Waals surface area contributed by atoms with Crippen molar-refractivity contribution in [1.82, 2.24) is 10.6 Å². The van der Waals surface area contributed by atoms with Gasteiger partial charge < -0.3 is 16.0 Å². The second kappa shape index (κ2) is 9.21. The highest BCUT2D eigenvalue weighted by molar-refractivity contribution is 5.96. The summed E-state index contributed by atoms with van der Waals surface area (Å²) in [6, 6.07) is 19.0. The molecule has 0 saturated heterocycles. The molecule has 142 valence electrons. The minimum absolute atomic E-state index is 0.0821. The molecule has 0 atom stereocenters. The fourth-order valence-electron chi connectivity index (χ4n) is 3.60. The van der Waals surface area contributed by atoms with Crippen LogP contribution in [0.25, 0.3) is 0 Å². The van der Waals surface area contributed by atoms with E-state index < -0.39 is 5.54 Å². The number of carbonyl (C=O) groups excluding carboxylic acids is 2. The number of carbonyl (C=O) groups is 2. The van der Waals surface area contributed by atoms with Gasteiger partial charge in [-0.2, -0.15) is 0 Å². The maximum atomic E-state index is 12.9. The fourth-order valence-corrected chi connectivity index (χ4v) is 3.60. The zero-order chi connectivity index (χ0) is 19.0. The van der Waals surface area contributed by atoms with E-state index in [1.54, 1.807) is 0 Å². The molecule has 5 nitrogen and oxygen atoms in total. The number of hydrogen-bond acceptors (Lipinski definition) is 2. The van der Waals surface area contributed by atoms with Crippen molar-refractivity contribution in [3.05, 3.63) is 66.2 Å². The largest absolute Gasteiger partial charge is 0.354 e. The number of anilines is 1. The van der Waals surface area contributed by atoms with Gasteiger partial charge in [-0.3, -0.25) is 4.79 Å². The van der Waals surface area contributed by atoms with Crippen molar-refractivity contribution in [2.45, 2.75) is 44.1 Å². The molecule has 1 saturated carbocycles. The van der Waals surface area contributed by atoms with E-state index in [2.05, 4.69) is 16.0 Å². The molecular formula is C22H27N3O2. The van der Waals surface area contributed by atoms with Crippen LogP contribution in [0.3, 0.4) is 0 Å². The Morgan fingerprint density at radius 2 is 1.48 bits per heavy atom. The minimum atomic E-state index is -0.826. The maximum Gasteiger partial charge on any atom is 0.320 e. The van der Waals surface area contributed by atoms with E-state index in [4.69, 9.17) is 0 Å². The highest BCUT2D eigenvalue weighted by Crippen LogP contribution is 2.28. The summed E-state index contributed by atoms with van der Waals surface area (Å²) >= 11 is 0. The van der Waals surface area contributed by atoms with Gasteiger partial charge in [0.25, 0.3) is 0 Å². The molecule has 3 rings (SSSR count). The van der Waals surface area contributed by atoms with E-state index >= 15 is 0 Å². The van der Waals surface area contributed by atoms with Crippen LogP contribution in [0.2, 0.25) is 0 Å². The monoisotopic (exact) mass is 365 g/mol. The van der Waals surface area contributed by atoms with Gasteiger partial charge in [-0.05, 0) is 37.0 Å². The number of para-hydroxylation sites is 1. The van der Waals surface area contributed by atoms with Crippen molar-refractivity contribution in [3.8, 4) is 0 Å². The Hall–Kier alpha value is -2.82. The second-order valence-corrected chi connectivity index (χ2v) is 7.08. The second-order valence-electron chi connectivity index (χ2n) is 7.08. The lowest BCUT2D eigenvalue weighted by Gasteiger charge is -2.36. The molecule has 0 aromatic heterocycles. The first-order valence-corrected chi connectivity index (χ1v) is 9.64. The molecule has 0 unspecified atom stereocenters. The fraction of sp³-hybridized carbons (Fsp3) is 0.364. The van der Waals surface area contributed by atoms with E-state index in [-0.39, 0.29) is 11.9 Å². The van der Waals surface area contributed by atoms with E-state index in [1.807, 2.05) is 60.7 Å². The molecule has 0 bridgehead atoms. The van der Waals surface area contributed by atoms with Gasteiger partial charge in [0.2, 0.25) is 5.91 Å². The van der Waals surface area contributed by atoms with Crippen LogP contribution in [0, 0.1) is 0 Å².